The van der Waals surface area contributed by atoms with Crippen molar-refractivity contribution in [2.45, 2.75) is 68.7 Å². The minimum Gasteiger partial charge on any atom is -0.479 e. The van der Waals surface area contributed by atoms with Gasteiger partial charge in [-0.2, -0.15) is 0 Å². The fraction of sp³-hybridized carbons (Fsp3) is 0.481. The van der Waals surface area contributed by atoms with Crippen LogP contribution in [0.15, 0.2) is 45.7 Å². The molecule has 0 spiro atoms. The molecule has 2 aliphatic heterocycles. The van der Waals surface area contributed by atoms with Crippen molar-refractivity contribution in [1.82, 2.24) is 15.2 Å². The van der Waals surface area contributed by atoms with Gasteiger partial charge in [0.25, 0.3) is 0 Å². The Morgan fingerprint density at radius 2 is 1.97 bits per heavy atom. The van der Waals surface area contributed by atoms with E-state index in [1.165, 1.54) is 4.90 Å². The lowest BCUT2D eigenvalue weighted by Gasteiger charge is -2.27. The molecule has 3 heterocycles. The van der Waals surface area contributed by atoms with Crippen molar-refractivity contribution in [3.05, 3.63) is 51.1 Å². The Morgan fingerprint density at radius 3 is 2.76 bits per heavy atom. The first-order chi connectivity index (χ1) is 18.2. The lowest BCUT2D eigenvalue weighted by Crippen LogP contribution is -2.55. The summed E-state index contributed by atoms with van der Waals surface area (Å²) in [5.74, 6) is -2.11. The Kier molecular flexibility index (Phi) is 7.32. The van der Waals surface area contributed by atoms with E-state index in [2.05, 4.69) is 26.2 Å². The van der Waals surface area contributed by atoms with Crippen LogP contribution >= 0.6 is 15.9 Å². The molecular weight excluding hydrogens is 556 g/mol. The first kappa shape index (κ1) is 26.4. The van der Waals surface area contributed by atoms with E-state index < -0.39 is 35.6 Å². The zero-order valence-corrected chi connectivity index (χ0v) is 22.4. The molecule has 2 fully saturated rings. The first-order valence-corrected chi connectivity index (χ1v) is 13.8. The van der Waals surface area contributed by atoms with Crippen molar-refractivity contribution in [1.29, 1.82) is 0 Å². The molecule has 202 valence electrons. The maximum atomic E-state index is 13.5. The second-order valence-electron chi connectivity index (χ2n) is 10.4. The van der Waals surface area contributed by atoms with Crippen molar-refractivity contribution in [3.8, 4) is 5.88 Å². The fourth-order valence-electron chi connectivity index (χ4n) is 5.48. The van der Waals surface area contributed by atoms with Crippen LogP contribution in [0, 0.1) is 5.92 Å². The number of pyridine rings is 1. The molecule has 10 nitrogen and oxygen atoms in total. The number of carbonyl (C=O) groups is 3. The number of nitrogens with one attached hydrogen (secondary N) is 2. The summed E-state index contributed by atoms with van der Waals surface area (Å²) < 4.78 is 6.35. The lowest BCUT2D eigenvalue weighted by molar-refractivity contribution is -0.145. The largest absolute Gasteiger partial charge is 0.479 e. The van der Waals surface area contributed by atoms with E-state index in [0.717, 1.165) is 25.7 Å². The van der Waals surface area contributed by atoms with Crippen LogP contribution in [0.2, 0.25) is 0 Å². The van der Waals surface area contributed by atoms with Crippen LogP contribution in [0.1, 0.15) is 44.9 Å². The number of carboxylic acid groups (broad SMARTS) is 1. The summed E-state index contributed by atoms with van der Waals surface area (Å²) in [4.78, 5) is 56.3. The van der Waals surface area contributed by atoms with E-state index in [4.69, 9.17) is 10.5 Å². The smallest absolute Gasteiger partial charge is 0.330 e. The fourth-order valence-corrected chi connectivity index (χ4v) is 5.88. The number of aromatic amines is 1. The molecule has 1 aromatic carbocycles. The summed E-state index contributed by atoms with van der Waals surface area (Å²) in [6.07, 6.45) is 7.54. The average molecular weight is 587 g/mol. The van der Waals surface area contributed by atoms with E-state index in [0.29, 0.717) is 23.7 Å². The third-order valence-electron chi connectivity index (χ3n) is 7.77. The van der Waals surface area contributed by atoms with Crippen LogP contribution in [0.5, 0.6) is 5.88 Å². The quantitative estimate of drug-likeness (QED) is 0.402. The lowest BCUT2D eigenvalue weighted by atomic mass is 10.1. The van der Waals surface area contributed by atoms with E-state index in [9.17, 15) is 24.3 Å². The van der Waals surface area contributed by atoms with Gasteiger partial charge in [0, 0.05) is 17.7 Å². The van der Waals surface area contributed by atoms with Gasteiger partial charge in [0.1, 0.15) is 22.2 Å². The normalized spacial score (nSPS) is 30.1. The molecule has 3 aliphatic rings. The number of nitrogens with zero attached hydrogens (tertiary/aromatic N) is 1. The van der Waals surface area contributed by atoms with Gasteiger partial charge < -0.3 is 30.8 Å². The summed E-state index contributed by atoms with van der Waals surface area (Å²) in [5, 5.41) is 13.1. The second kappa shape index (κ2) is 10.5. The highest BCUT2D eigenvalue weighted by Crippen LogP contribution is 2.45. The number of rotatable bonds is 3. The average Bonchev–Trinajstić information content (AvgIpc) is 3.43. The highest BCUT2D eigenvalue weighted by Gasteiger charge is 2.61. The predicted octanol–water partition coefficient (Wildman–Crippen LogP) is 2.45. The molecular formula is C27H31BrN4O6. The molecule has 2 aromatic rings. The molecule has 1 aromatic heterocycles. The molecule has 1 aliphatic carbocycles. The second-order valence-corrected chi connectivity index (χ2v) is 11.2. The molecule has 2 amide bonds. The standard InChI is InChI=1S/C27H31BrN4O6/c28-21-22(33)17-9-6-7-11-19(17)30-24(21)38-16-12-20-23(34)31-27(26(36)37)13-15(27)8-4-2-1-3-5-10-18(29)25(35)32(20)14-16/h4,6-9,11,15-16,18,20H,1-3,5,10,12-14,29H2,(H,30,33)(H,31,34)(H,36,37)/t15-,16-,18+,20+,27-/m1/s1. The highest BCUT2D eigenvalue weighted by molar-refractivity contribution is 9.10. The zero-order valence-electron chi connectivity index (χ0n) is 20.8. The van der Waals surface area contributed by atoms with Crippen LogP contribution in [-0.2, 0) is 14.4 Å². The molecule has 0 radical (unpaired) electrons. The number of amides is 2. The number of carbonyl (C=O) groups excluding carboxylic acids is 2. The molecule has 0 bridgehead atoms. The van der Waals surface area contributed by atoms with Crippen LogP contribution in [0.3, 0.4) is 0 Å². The molecule has 5 atom stereocenters. The van der Waals surface area contributed by atoms with Gasteiger partial charge in [0.05, 0.1) is 18.1 Å². The molecule has 38 heavy (non-hydrogen) atoms. The van der Waals surface area contributed by atoms with Crippen LogP contribution in [-0.4, -0.2) is 63.0 Å². The molecule has 1 saturated heterocycles. The van der Waals surface area contributed by atoms with Gasteiger partial charge in [0.15, 0.2) is 0 Å². The van der Waals surface area contributed by atoms with Crippen molar-refractivity contribution >= 4 is 44.6 Å². The molecule has 1 saturated carbocycles. The van der Waals surface area contributed by atoms with Crippen molar-refractivity contribution < 1.29 is 24.2 Å². The van der Waals surface area contributed by atoms with Crippen LogP contribution in [0.25, 0.3) is 10.9 Å². The molecule has 11 heteroatoms. The molecule has 5 rings (SSSR count). The summed E-state index contributed by atoms with van der Waals surface area (Å²) in [5.41, 5.74) is 5.22. The maximum Gasteiger partial charge on any atom is 0.330 e. The number of carboxylic acids is 1. The van der Waals surface area contributed by atoms with Gasteiger partial charge in [-0.1, -0.05) is 37.1 Å². The number of nitrogens with two attached hydrogens (primary N) is 1. The third-order valence-corrected chi connectivity index (χ3v) is 8.49. The third kappa shape index (κ3) is 4.96. The zero-order chi connectivity index (χ0) is 27.0. The number of para-hydroxylation sites is 1. The minimum atomic E-state index is -1.38. The van der Waals surface area contributed by atoms with Crippen LogP contribution < -0.4 is 21.2 Å². The van der Waals surface area contributed by atoms with Crippen molar-refractivity contribution in [3.63, 3.8) is 0 Å². The SMILES string of the molecule is N[C@H]1CCCCCC=C[C@@H]2C[C@@]2(C(=O)O)NC(=O)[C@@H]2C[C@@H](Oc3[nH]c4ccccc4c(=O)c3Br)CN2C1=O. The summed E-state index contributed by atoms with van der Waals surface area (Å²) >= 11 is 3.32. The van der Waals surface area contributed by atoms with Gasteiger partial charge in [-0.05, 0) is 53.7 Å². The highest BCUT2D eigenvalue weighted by atomic mass is 79.9. The Hall–Kier alpha value is -3.18. The summed E-state index contributed by atoms with van der Waals surface area (Å²) in [6, 6.07) is 5.31. The number of fused-ring (bicyclic) bond motifs is 3. The van der Waals surface area contributed by atoms with Crippen molar-refractivity contribution in [2.75, 3.05) is 6.54 Å². The number of hydrogen-bond donors (Lipinski definition) is 4. The number of aromatic nitrogens is 1. The number of H-pyrrole nitrogens is 1. The monoisotopic (exact) mass is 586 g/mol. The van der Waals surface area contributed by atoms with Gasteiger partial charge in [0.2, 0.25) is 23.1 Å². The predicted molar refractivity (Wildman–Crippen MR) is 144 cm³/mol. The van der Waals surface area contributed by atoms with Crippen molar-refractivity contribution in [2.24, 2.45) is 11.7 Å². The van der Waals surface area contributed by atoms with E-state index in [1.54, 1.807) is 24.3 Å². The number of hydrogen-bond acceptors (Lipinski definition) is 6. The van der Waals surface area contributed by atoms with Gasteiger partial charge in [-0.25, -0.2) is 4.79 Å². The number of benzene rings is 1. The number of halogens is 1. The Morgan fingerprint density at radius 1 is 1.18 bits per heavy atom. The first-order valence-electron chi connectivity index (χ1n) is 13.0. The summed E-state index contributed by atoms with van der Waals surface area (Å²) in [6.45, 7) is 0.0787. The van der Waals surface area contributed by atoms with Gasteiger partial charge in [-0.3, -0.25) is 14.4 Å². The topological polar surface area (TPSA) is 155 Å². The van der Waals surface area contributed by atoms with E-state index in [1.807, 2.05) is 12.2 Å². The maximum absolute atomic E-state index is 13.5. The Balaban J connectivity index is 1.42. The van der Waals surface area contributed by atoms with Gasteiger partial charge in [-0.15, -0.1) is 0 Å². The van der Waals surface area contributed by atoms with E-state index in [-0.39, 0.29) is 40.6 Å². The number of ether oxygens (including phenoxy) is 1. The van der Waals surface area contributed by atoms with Gasteiger partial charge >= 0.3 is 5.97 Å². The van der Waals surface area contributed by atoms with E-state index >= 15 is 0 Å². The van der Waals surface area contributed by atoms with Crippen LogP contribution in [0.4, 0.5) is 0 Å². The summed E-state index contributed by atoms with van der Waals surface area (Å²) in [7, 11) is 0. The Bertz CT molecular complexity index is 1360. The Labute approximate surface area is 227 Å². The minimum absolute atomic E-state index is 0.0787. The molecule has 5 N–H and O–H groups in total. The number of allylic oxidation sites excluding steroid dienone is 1. The molecule has 0 unspecified atom stereocenters. The number of aliphatic carboxylic acids is 1.